The molecule has 0 aliphatic heterocycles. The summed E-state index contributed by atoms with van der Waals surface area (Å²) in [6.45, 7) is 1.71. The van der Waals surface area contributed by atoms with E-state index in [0.29, 0.717) is 17.0 Å². The van der Waals surface area contributed by atoms with Gasteiger partial charge in [0, 0.05) is 11.3 Å². The number of carbonyl (C=O) groups is 1. The number of H-pyrrole nitrogens is 2. The molecular weight excluding hydrogens is 236 g/mol. The van der Waals surface area contributed by atoms with Crippen LogP contribution in [0.1, 0.15) is 17.0 Å². The normalized spacial score (nSPS) is 10.9. The molecular formula is C11H12N4O3. The topological polar surface area (TPSA) is 103 Å². The highest BCUT2D eigenvalue weighted by atomic mass is 16.3. The van der Waals surface area contributed by atoms with E-state index in [4.69, 9.17) is 4.42 Å². The van der Waals surface area contributed by atoms with E-state index in [2.05, 4.69) is 20.7 Å². The van der Waals surface area contributed by atoms with Gasteiger partial charge in [-0.15, -0.1) is 0 Å². The highest BCUT2D eigenvalue weighted by Gasteiger charge is 2.10. The largest absolute Gasteiger partial charge is 0.463 e. The number of aromatic nitrogens is 2. The molecule has 0 aromatic carbocycles. The first kappa shape index (κ1) is 11.9. The van der Waals surface area contributed by atoms with E-state index in [0.717, 1.165) is 0 Å². The summed E-state index contributed by atoms with van der Waals surface area (Å²) in [4.78, 5) is 22.8. The fourth-order valence-corrected chi connectivity index (χ4v) is 1.42. The van der Waals surface area contributed by atoms with Gasteiger partial charge in [-0.25, -0.2) is 5.43 Å². The molecule has 0 fully saturated rings. The number of carbonyl (C=O) groups excluding carboxylic acids is 1. The minimum Gasteiger partial charge on any atom is -0.463 e. The number of amides is 1. The van der Waals surface area contributed by atoms with Crippen LogP contribution < -0.4 is 11.0 Å². The van der Waals surface area contributed by atoms with Crippen molar-refractivity contribution in [2.75, 3.05) is 0 Å². The Labute approximate surface area is 102 Å². The second kappa shape index (κ2) is 5.17. The Morgan fingerprint density at radius 3 is 3.00 bits per heavy atom. The van der Waals surface area contributed by atoms with E-state index < -0.39 is 0 Å². The molecule has 2 heterocycles. The first-order valence-electron chi connectivity index (χ1n) is 5.28. The van der Waals surface area contributed by atoms with Gasteiger partial charge in [-0.05, 0) is 19.1 Å². The Morgan fingerprint density at radius 2 is 2.39 bits per heavy atom. The second-order valence-electron chi connectivity index (χ2n) is 3.67. The van der Waals surface area contributed by atoms with Crippen LogP contribution in [0, 0.1) is 6.92 Å². The minimum atomic E-state index is -0.369. The number of nitrogens with zero attached hydrogens (tertiary/aromatic N) is 1. The quantitative estimate of drug-likeness (QED) is 0.535. The molecule has 18 heavy (non-hydrogen) atoms. The number of hydrazone groups is 1. The zero-order valence-electron chi connectivity index (χ0n) is 9.69. The molecule has 0 atom stereocenters. The number of rotatable bonds is 4. The Hall–Kier alpha value is -2.57. The van der Waals surface area contributed by atoms with E-state index >= 15 is 0 Å². The van der Waals surface area contributed by atoms with Crippen molar-refractivity contribution in [3.63, 3.8) is 0 Å². The Bertz CT molecular complexity index is 607. The Kier molecular flexibility index (Phi) is 3.42. The van der Waals surface area contributed by atoms with E-state index in [1.165, 1.54) is 12.5 Å². The minimum absolute atomic E-state index is 0.0276. The van der Waals surface area contributed by atoms with Gasteiger partial charge in [0.2, 0.25) is 5.91 Å². The van der Waals surface area contributed by atoms with Crippen LogP contribution in [-0.4, -0.2) is 22.3 Å². The Morgan fingerprint density at radius 1 is 1.56 bits per heavy atom. The first-order valence-corrected chi connectivity index (χ1v) is 5.28. The van der Waals surface area contributed by atoms with Crippen LogP contribution in [0.5, 0.6) is 0 Å². The highest BCUT2D eigenvalue weighted by Crippen LogP contribution is 1.98. The molecule has 94 valence electrons. The van der Waals surface area contributed by atoms with Crippen LogP contribution in [0.25, 0.3) is 0 Å². The van der Waals surface area contributed by atoms with E-state index in [1.807, 2.05) is 0 Å². The molecule has 2 aromatic heterocycles. The lowest BCUT2D eigenvalue weighted by atomic mass is 10.2. The SMILES string of the molecule is Cc1[nH][nH]c(=O)c1CC(=O)N/N=C\c1ccco1. The summed E-state index contributed by atoms with van der Waals surface area (Å²) < 4.78 is 5.00. The number of nitrogens with one attached hydrogen (secondary N) is 3. The summed E-state index contributed by atoms with van der Waals surface area (Å²) in [5.74, 6) is 0.164. The van der Waals surface area contributed by atoms with Crippen molar-refractivity contribution in [3.05, 3.63) is 45.8 Å². The van der Waals surface area contributed by atoms with Crippen LogP contribution in [0.3, 0.4) is 0 Å². The van der Waals surface area contributed by atoms with Gasteiger partial charge >= 0.3 is 0 Å². The van der Waals surface area contributed by atoms with E-state index in [1.54, 1.807) is 19.1 Å². The van der Waals surface area contributed by atoms with Crippen molar-refractivity contribution in [2.45, 2.75) is 13.3 Å². The second-order valence-corrected chi connectivity index (χ2v) is 3.67. The average molecular weight is 248 g/mol. The molecule has 0 unspecified atom stereocenters. The number of aromatic amines is 2. The molecule has 3 N–H and O–H groups in total. The smallest absolute Gasteiger partial charge is 0.267 e. The van der Waals surface area contributed by atoms with Crippen molar-refractivity contribution in [1.82, 2.24) is 15.6 Å². The third-order valence-electron chi connectivity index (χ3n) is 2.35. The molecule has 1 amide bonds. The molecule has 0 spiro atoms. The van der Waals surface area contributed by atoms with Crippen LogP contribution in [0.4, 0.5) is 0 Å². The van der Waals surface area contributed by atoms with Gasteiger partial charge in [-0.2, -0.15) is 5.10 Å². The third-order valence-corrected chi connectivity index (χ3v) is 2.35. The molecule has 0 aliphatic carbocycles. The number of hydrogen-bond acceptors (Lipinski definition) is 4. The maximum Gasteiger partial charge on any atom is 0.267 e. The van der Waals surface area contributed by atoms with Crippen molar-refractivity contribution < 1.29 is 9.21 Å². The fraction of sp³-hybridized carbons (Fsp3) is 0.182. The van der Waals surface area contributed by atoms with Gasteiger partial charge in [-0.3, -0.25) is 14.7 Å². The van der Waals surface area contributed by atoms with Gasteiger partial charge in [0.1, 0.15) is 5.76 Å². The van der Waals surface area contributed by atoms with Gasteiger partial charge in [-0.1, -0.05) is 0 Å². The van der Waals surface area contributed by atoms with Gasteiger partial charge in [0.05, 0.1) is 18.9 Å². The van der Waals surface area contributed by atoms with Crippen molar-refractivity contribution in [2.24, 2.45) is 5.10 Å². The van der Waals surface area contributed by atoms with Gasteiger partial charge in [0.25, 0.3) is 5.56 Å². The lowest BCUT2D eigenvalue weighted by Crippen LogP contribution is -2.23. The predicted molar refractivity (Wildman–Crippen MR) is 64.3 cm³/mol. The van der Waals surface area contributed by atoms with Crippen molar-refractivity contribution >= 4 is 12.1 Å². The maximum absolute atomic E-state index is 11.5. The third kappa shape index (κ3) is 2.76. The number of hydrogen-bond donors (Lipinski definition) is 3. The zero-order chi connectivity index (χ0) is 13.0. The summed E-state index contributed by atoms with van der Waals surface area (Å²) in [5.41, 5.74) is 3.07. The Balaban J connectivity index is 1.92. The summed E-state index contributed by atoms with van der Waals surface area (Å²) in [5, 5.41) is 8.77. The molecule has 0 saturated heterocycles. The molecule has 7 nitrogen and oxygen atoms in total. The summed E-state index contributed by atoms with van der Waals surface area (Å²) in [6.07, 6.45) is 2.86. The van der Waals surface area contributed by atoms with Crippen LogP contribution >= 0.6 is 0 Å². The molecule has 2 aromatic rings. The zero-order valence-corrected chi connectivity index (χ0v) is 9.69. The van der Waals surface area contributed by atoms with Crippen LogP contribution in [0.2, 0.25) is 0 Å². The molecule has 0 radical (unpaired) electrons. The molecule has 7 heteroatoms. The highest BCUT2D eigenvalue weighted by molar-refractivity contribution is 5.81. The monoisotopic (exact) mass is 248 g/mol. The number of aryl methyl sites for hydroxylation is 1. The molecule has 0 saturated carbocycles. The predicted octanol–water partition coefficient (Wildman–Crippen LogP) is 0.297. The van der Waals surface area contributed by atoms with E-state index in [-0.39, 0.29) is 17.9 Å². The average Bonchev–Trinajstić information content (AvgIpc) is 2.94. The molecule has 2 rings (SSSR count). The summed E-state index contributed by atoms with van der Waals surface area (Å²) >= 11 is 0. The van der Waals surface area contributed by atoms with E-state index in [9.17, 15) is 9.59 Å². The molecule has 0 aliphatic rings. The molecule has 0 bridgehead atoms. The van der Waals surface area contributed by atoms with Gasteiger partial charge < -0.3 is 9.52 Å². The number of furan rings is 1. The first-order chi connectivity index (χ1) is 8.66. The van der Waals surface area contributed by atoms with Crippen LogP contribution in [-0.2, 0) is 11.2 Å². The standard InChI is InChI=1S/C11H12N4O3/c1-7-9(11(17)15-13-7)5-10(16)14-12-6-8-3-2-4-18-8/h2-4,6H,5H2,1H3,(H,14,16)(H2,13,15,17)/b12-6-. The van der Waals surface area contributed by atoms with Crippen LogP contribution in [0.15, 0.2) is 32.7 Å². The lowest BCUT2D eigenvalue weighted by Gasteiger charge is -1.97. The fourth-order valence-electron chi connectivity index (χ4n) is 1.42. The maximum atomic E-state index is 11.5. The summed E-state index contributed by atoms with van der Waals surface area (Å²) in [7, 11) is 0. The van der Waals surface area contributed by atoms with Crippen molar-refractivity contribution in [3.8, 4) is 0 Å². The van der Waals surface area contributed by atoms with Gasteiger partial charge in [0.15, 0.2) is 0 Å². The lowest BCUT2D eigenvalue weighted by molar-refractivity contribution is -0.120. The summed E-state index contributed by atoms with van der Waals surface area (Å²) in [6, 6.07) is 3.42. The van der Waals surface area contributed by atoms with Crippen molar-refractivity contribution in [1.29, 1.82) is 0 Å².